The number of aromatic nitrogens is 1. The van der Waals surface area contributed by atoms with Gasteiger partial charge >= 0.3 is 0 Å². The number of hydrogen-bond acceptors (Lipinski definition) is 4. The highest BCUT2D eigenvalue weighted by molar-refractivity contribution is 7.09. The third-order valence-corrected chi connectivity index (χ3v) is 4.70. The van der Waals surface area contributed by atoms with Gasteiger partial charge in [0.05, 0.1) is 6.04 Å². The Bertz CT molecular complexity index is 413. The Labute approximate surface area is 119 Å². The van der Waals surface area contributed by atoms with E-state index in [0.29, 0.717) is 12.3 Å². The van der Waals surface area contributed by atoms with Gasteiger partial charge in [-0.05, 0) is 45.2 Å². The summed E-state index contributed by atoms with van der Waals surface area (Å²) >= 11 is 1.63. The maximum absolute atomic E-state index is 12.0. The zero-order chi connectivity index (χ0) is 13.7. The van der Waals surface area contributed by atoms with Crippen LogP contribution in [0, 0.1) is 12.8 Å². The lowest BCUT2D eigenvalue weighted by Crippen LogP contribution is -2.28. The zero-order valence-electron chi connectivity index (χ0n) is 11.7. The van der Waals surface area contributed by atoms with Crippen molar-refractivity contribution in [2.24, 2.45) is 5.92 Å². The molecule has 0 radical (unpaired) electrons. The van der Waals surface area contributed by atoms with E-state index in [9.17, 15) is 4.79 Å². The van der Waals surface area contributed by atoms with Gasteiger partial charge in [0, 0.05) is 17.5 Å². The number of carbonyl (C=O) groups excluding carboxylic acids is 1. The van der Waals surface area contributed by atoms with Gasteiger partial charge in [-0.25, -0.2) is 4.98 Å². The molecule has 2 N–H and O–H groups in total. The van der Waals surface area contributed by atoms with Crippen molar-refractivity contribution in [1.82, 2.24) is 15.6 Å². The van der Waals surface area contributed by atoms with E-state index in [1.807, 2.05) is 12.3 Å². The molecule has 0 aromatic carbocycles. The summed E-state index contributed by atoms with van der Waals surface area (Å²) in [4.78, 5) is 16.5. The van der Waals surface area contributed by atoms with Gasteiger partial charge in [0.15, 0.2) is 0 Å². The van der Waals surface area contributed by atoms with E-state index in [1.165, 1.54) is 6.42 Å². The van der Waals surface area contributed by atoms with Crippen molar-refractivity contribution in [2.75, 3.05) is 13.1 Å². The van der Waals surface area contributed by atoms with Crippen LogP contribution >= 0.6 is 11.3 Å². The molecule has 2 heterocycles. The average molecular weight is 281 g/mol. The van der Waals surface area contributed by atoms with Crippen LogP contribution in [-0.2, 0) is 4.79 Å². The standard InChI is InChI=1S/C14H23N3OS/c1-3-12(14-16-10(2)9-19-14)17-13(18)5-4-11-6-7-15-8-11/h9,11-12,15H,3-8H2,1-2H3,(H,17,18). The molecule has 106 valence electrons. The van der Waals surface area contributed by atoms with Crippen LogP contribution in [0.3, 0.4) is 0 Å². The molecule has 1 aromatic rings. The SMILES string of the molecule is CCC(NC(=O)CCC1CCNC1)c1nc(C)cs1. The summed E-state index contributed by atoms with van der Waals surface area (Å²) in [6.07, 6.45) is 3.72. The van der Waals surface area contributed by atoms with Crippen LogP contribution in [-0.4, -0.2) is 24.0 Å². The van der Waals surface area contributed by atoms with Crippen LogP contribution in [0.5, 0.6) is 0 Å². The van der Waals surface area contributed by atoms with Crippen LogP contribution in [0.4, 0.5) is 0 Å². The number of carbonyl (C=O) groups is 1. The quantitative estimate of drug-likeness (QED) is 0.842. The number of rotatable bonds is 6. The number of nitrogens with zero attached hydrogens (tertiary/aromatic N) is 1. The normalized spacial score (nSPS) is 20.4. The molecule has 1 aliphatic heterocycles. The van der Waals surface area contributed by atoms with E-state index in [1.54, 1.807) is 11.3 Å². The third kappa shape index (κ3) is 4.28. The molecular weight excluding hydrogens is 258 g/mol. The first-order valence-electron chi connectivity index (χ1n) is 7.11. The second-order valence-corrected chi connectivity index (χ2v) is 6.14. The van der Waals surface area contributed by atoms with E-state index >= 15 is 0 Å². The number of hydrogen-bond donors (Lipinski definition) is 2. The molecule has 5 heteroatoms. The van der Waals surface area contributed by atoms with Crippen molar-refractivity contribution in [2.45, 2.75) is 45.6 Å². The van der Waals surface area contributed by atoms with Gasteiger partial charge in [-0.2, -0.15) is 0 Å². The summed E-state index contributed by atoms with van der Waals surface area (Å²) in [6.45, 7) is 6.24. The maximum atomic E-state index is 12.0. The van der Waals surface area contributed by atoms with Crippen LogP contribution < -0.4 is 10.6 Å². The number of thiazole rings is 1. The average Bonchev–Trinajstić information content (AvgIpc) is 3.04. The van der Waals surface area contributed by atoms with Crippen LogP contribution in [0.25, 0.3) is 0 Å². The second kappa shape index (κ2) is 7.01. The van der Waals surface area contributed by atoms with E-state index in [4.69, 9.17) is 0 Å². The van der Waals surface area contributed by atoms with Gasteiger partial charge in [-0.1, -0.05) is 6.92 Å². The molecule has 0 bridgehead atoms. The minimum Gasteiger partial charge on any atom is -0.347 e. The first-order valence-corrected chi connectivity index (χ1v) is 7.99. The number of amides is 1. The molecule has 1 saturated heterocycles. The Balaban J connectivity index is 1.79. The fraction of sp³-hybridized carbons (Fsp3) is 0.714. The monoisotopic (exact) mass is 281 g/mol. The lowest BCUT2D eigenvalue weighted by atomic mass is 10.0. The maximum Gasteiger partial charge on any atom is 0.220 e. The highest BCUT2D eigenvalue weighted by atomic mass is 32.1. The zero-order valence-corrected chi connectivity index (χ0v) is 12.6. The van der Waals surface area contributed by atoms with E-state index in [-0.39, 0.29) is 11.9 Å². The molecule has 1 amide bonds. The molecule has 2 atom stereocenters. The fourth-order valence-corrected chi connectivity index (χ4v) is 3.36. The summed E-state index contributed by atoms with van der Waals surface area (Å²) in [5, 5.41) is 9.51. The van der Waals surface area contributed by atoms with Gasteiger partial charge in [-0.3, -0.25) is 4.79 Å². The summed E-state index contributed by atoms with van der Waals surface area (Å²) in [5.41, 5.74) is 1.03. The molecule has 1 fully saturated rings. The lowest BCUT2D eigenvalue weighted by molar-refractivity contribution is -0.122. The largest absolute Gasteiger partial charge is 0.347 e. The van der Waals surface area contributed by atoms with E-state index in [0.717, 1.165) is 36.6 Å². The smallest absolute Gasteiger partial charge is 0.220 e. The Morgan fingerprint density at radius 2 is 2.53 bits per heavy atom. The van der Waals surface area contributed by atoms with Gasteiger partial charge in [-0.15, -0.1) is 11.3 Å². The molecule has 1 aromatic heterocycles. The van der Waals surface area contributed by atoms with Crippen LogP contribution in [0.1, 0.15) is 49.4 Å². The topological polar surface area (TPSA) is 54.0 Å². The number of nitrogens with one attached hydrogen (secondary N) is 2. The lowest BCUT2D eigenvalue weighted by Gasteiger charge is -2.15. The fourth-order valence-electron chi connectivity index (χ4n) is 2.43. The van der Waals surface area contributed by atoms with E-state index in [2.05, 4.69) is 22.5 Å². The van der Waals surface area contributed by atoms with Crippen LogP contribution in [0.15, 0.2) is 5.38 Å². The van der Waals surface area contributed by atoms with Gasteiger partial charge in [0.1, 0.15) is 5.01 Å². The molecule has 0 saturated carbocycles. The van der Waals surface area contributed by atoms with Gasteiger partial charge in [0.2, 0.25) is 5.91 Å². The minimum atomic E-state index is 0.0768. The Hall–Kier alpha value is -0.940. The van der Waals surface area contributed by atoms with Crippen molar-refractivity contribution in [3.8, 4) is 0 Å². The minimum absolute atomic E-state index is 0.0768. The van der Waals surface area contributed by atoms with Crippen molar-refractivity contribution in [1.29, 1.82) is 0 Å². The predicted octanol–water partition coefficient (Wildman–Crippen LogP) is 2.41. The number of aryl methyl sites for hydroxylation is 1. The molecule has 1 aliphatic rings. The summed E-state index contributed by atoms with van der Waals surface area (Å²) in [6, 6.07) is 0.0768. The van der Waals surface area contributed by atoms with Crippen molar-refractivity contribution in [3.05, 3.63) is 16.1 Å². The predicted molar refractivity (Wildman–Crippen MR) is 78.2 cm³/mol. The van der Waals surface area contributed by atoms with Crippen molar-refractivity contribution < 1.29 is 4.79 Å². The van der Waals surface area contributed by atoms with Crippen LogP contribution in [0.2, 0.25) is 0 Å². The first kappa shape index (κ1) is 14.5. The second-order valence-electron chi connectivity index (χ2n) is 5.25. The van der Waals surface area contributed by atoms with Gasteiger partial charge in [0.25, 0.3) is 0 Å². The molecule has 0 spiro atoms. The molecule has 4 nitrogen and oxygen atoms in total. The summed E-state index contributed by atoms with van der Waals surface area (Å²) in [7, 11) is 0. The Morgan fingerprint density at radius 3 is 3.11 bits per heavy atom. The summed E-state index contributed by atoms with van der Waals surface area (Å²) in [5.74, 6) is 0.833. The first-order chi connectivity index (χ1) is 9.19. The van der Waals surface area contributed by atoms with Crippen molar-refractivity contribution >= 4 is 17.2 Å². The summed E-state index contributed by atoms with van der Waals surface area (Å²) < 4.78 is 0. The third-order valence-electron chi connectivity index (χ3n) is 3.62. The molecule has 2 rings (SSSR count). The Kier molecular flexibility index (Phi) is 5.34. The van der Waals surface area contributed by atoms with E-state index < -0.39 is 0 Å². The Morgan fingerprint density at radius 1 is 1.68 bits per heavy atom. The molecule has 2 unspecified atom stereocenters. The molecule has 19 heavy (non-hydrogen) atoms. The highest BCUT2D eigenvalue weighted by Gasteiger charge is 2.18. The highest BCUT2D eigenvalue weighted by Crippen LogP contribution is 2.21. The molecular formula is C14H23N3OS. The molecule has 0 aliphatic carbocycles. The van der Waals surface area contributed by atoms with Gasteiger partial charge < -0.3 is 10.6 Å². The van der Waals surface area contributed by atoms with Crippen molar-refractivity contribution in [3.63, 3.8) is 0 Å².